The zero-order valence-electron chi connectivity index (χ0n) is 14.4. The lowest BCUT2D eigenvalue weighted by atomic mass is 9.80. The van der Waals surface area contributed by atoms with Crippen molar-refractivity contribution in [3.8, 4) is 0 Å². The molecular formula is C17H37NO. The van der Waals surface area contributed by atoms with Gasteiger partial charge in [-0.2, -0.15) is 0 Å². The first-order chi connectivity index (χ1) is 8.85. The zero-order valence-corrected chi connectivity index (χ0v) is 14.4. The predicted molar refractivity (Wildman–Crippen MR) is 85.7 cm³/mol. The van der Waals surface area contributed by atoms with E-state index in [1.54, 1.807) is 0 Å². The molecule has 0 aliphatic heterocycles. The monoisotopic (exact) mass is 271 g/mol. The average molecular weight is 271 g/mol. The third kappa shape index (κ3) is 6.76. The number of hydrogen-bond acceptors (Lipinski definition) is 2. The summed E-state index contributed by atoms with van der Waals surface area (Å²) in [6.07, 6.45) is 5.79. The summed E-state index contributed by atoms with van der Waals surface area (Å²) in [5.41, 5.74) is 0.404. The Morgan fingerprint density at radius 3 is 1.95 bits per heavy atom. The fourth-order valence-corrected chi connectivity index (χ4v) is 2.78. The van der Waals surface area contributed by atoms with Gasteiger partial charge in [-0.05, 0) is 51.0 Å². The molecule has 0 aliphatic carbocycles. The van der Waals surface area contributed by atoms with Gasteiger partial charge in [-0.3, -0.25) is 0 Å². The molecular weight excluding hydrogens is 234 g/mol. The molecule has 0 rings (SSSR count). The molecule has 0 fully saturated rings. The van der Waals surface area contributed by atoms with Crippen LogP contribution in [0.4, 0.5) is 0 Å². The Morgan fingerprint density at radius 2 is 1.58 bits per heavy atom. The summed E-state index contributed by atoms with van der Waals surface area (Å²) in [5.74, 6) is 0. The van der Waals surface area contributed by atoms with E-state index >= 15 is 0 Å². The van der Waals surface area contributed by atoms with Crippen molar-refractivity contribution in [3.05, 3.63) is 0 Å². The fourth-order valence-electron chi connectivity index (χ4n) is 2.78. The lowest BCUT2D eigenvalue weighted by molar-refractivity contribution is -0.0753. The Hall–Kier alpha value is -0.0800. The molecule has 1 N–H and O–H groups in total. The van der Waals surface area contributed by atoms with Crippen molar-refractivity contribution in [1.29, 1.82) is 0 Å². The summed E-state index contributed by atoms with van der Waals surface area (Å²) in [5, 5.41) is 3.74. The predicted octanol–water partition coefficient (Wildman–Crippen LogP) is 4.78. The first kappa shape index (κ1) is 18.9. The third-order valence-corrected chi connectivity index (χ3v) is 4.09. The second-order valence-corrected chi connectivity index (χ2v) is 6.81. The van der Waals surface area contributed by atoms with Gasteiger partial charge in [0, 0.05) is 12.6 Å². The van der Waals surface area contributed by atoms with Crippen molar-refractivity contribution in [3.63, 3.8) is 0 Å². The van der Waals surface area contributed by atoms with Crippen molar-refractivity contribution in [2.24, 2.45) is 5.41 Å². The molecule has 2 nitrogen and oxygen atoms in total. The lowest BCUT2D eigenvalue weighted by Gasteiger charge is -2.41. The molecule has 0 bridgehead atoms. The van der Waals surface area contributed by atoms with Gasteiger partial charge in [-0.15, -0.1) is 0 Å². The van der Waals surface area contributed by atoms with Gasteiger partial charge >= 0.3 is 0 Å². The lowest BCUT2D eigenvalue weighted by Crippen LogP contribution is -2.52. The minimum atomic E-state index is 0.00910. The van der Waals surface area contributed by atoms with Crippen LogP contribution in [0.3, 0.4) is 0 Å². The summed E-state index contributed by atoms with van der Waals surface area (Å²) in [6.45, 7) is 17.7. The highest BCUT2D eigenvalue weighted by molar-refractivity contribution is 4.92. The van der Waals surface area contributed by atoms with Gasteiger partial charge in [-0.25, -0.2) is 0 Å². The van der Waals surface area contributed by atoms with Crippen molar-refractivity contribution in [1.82, 2.24) is 5.32 Å². The van der Waals surface area contributed by atoms with Crippen LogP contribution in [0.25, 0.3) is 0 Å². The van der Waals surface area contributed by atoms with Gasteiger partial charge in [0.25, 0.3) is 0 Å². The number of hydrogen-bond donors (Lipinski definition) is 1. The van der Waals surface area contributed by atoms with Crippen molar-refractivity contribution >= 4 is 0 Å². The van der Waals surface area contributed by atoms with Gasteiger partial charge in [0.05, 0.1) is 5.60 Å². The number of rotatable bonds is 10. The first-order valence-corrected chi connectivity index (χ1v) is 8.22. The van der Waals surface area contributed by atoms with E-state index in [0.717, 1.165) is 26.0 Å². The minimum Gasteiger partial charge on any atom is -0.374 e. The maximum atomic E-state index is 6.19. The topological polar surface area (TPSA) is 21.3 Å². The molecule has 0 saturated heterocycles. The molecule has 0 saturated carbocycles. The highest BCUT2D eigenvalue weighted by Gasteiger charge is 2.36. The largest absolute Gasteiger partial charge is 0.374 e. The number of nitrogens with one attached hydrogen (secondary N) is 1. The van der Waals surface area contributed by atoms with E-state index in [1.807, 2.05) is 0 Å². The van der Waals surface area contributed by atoms with E-state index < -0.39 is 0 Å². The van der Waals surface area contributed by atoms with Crippen LogP contribution in [0.15, 0.2) is 0 Å². The van der Waals surface area contributed by atoms with Crippen LogP contribution < -0.4 is 5.32 Å². The molecule has 0 aliphatic rings. The van der Waals surface area contributed by atoms with Gasteiger partial charge in [0.15, 0.2) is 0 Å². The van der Waals surface area contributed by atoms with Crippen LogP contribution in [0.2, 0.25) is 0 Å². The van der Waals surface area contributed by atoms with Crippen LogP contribution in [0, 0.1) is 5.41 Å². The minimum absolute atomic E-state index is 0.00910. The Labute approximate surface area is 121 Å². The quantitative estimate of drug-likeness (QED) is 0.617. The van der Waals surface area contributed by atoms with E-state index in [4.69, 9.17) is 4.74 Å². The molecule has 116 valence electrons. The van der Waals surface area contributed by atoms with E-state index in [0.29, 0.717) is 11.5 Å². The van der Waals surface area contributed by atoms with E-state index in [9.17, 15) is 0 Å². The molecule has 2 heteroatoms. The molecule has 0 amide bonds. The fraction of sp³-hybridized carbons (Fsp3) is 1.00. The standard InChI is InChI=1S/C17H37NO/c1-8-14-18-15(12-13-16(5,6)7)17(9-2,10-3)19-11-4/h15,18H,8-14H2,1-7H3. The second kappa shape index (κ2) is 8.97. The first-order valence-electron chi connectivity index (χ1n) is 8.22. The van der Waals surface area contributed by atoms with Crippen LogP contribution in [0.5, 0.6) is 0 Å². The Balaban J connectivity index is 4.84. The molecule has 0 radical (unpaired) electrons. The Morgan fingerprint density at radius 1 is 1.00 bits per heavy atom. The highest BCUT2D eigenvalue weighted by atomic mass is 16.5. The van der Waals surface area contributed by atoms with Crippen LogP contribution in [-0.2, 0) is 4.74 Å². The second-order valence-electron chi connectivity index (χ2n) is 6.81. The molecule has 0 aromatic rings. The van der Waals surface area contributed by atoms with E-state index in [-0.39, 0.29) is 5.60 Å². The summed E-state index contributed by atoms with van der Waals surface area (Å²) in [6, 6.07) is 0.474. The van der Waals surface area contributed by atoms with Crippen molar-refractivity contribution in [2.75, 3.05) is 13.2 Å². The number of ether oxygens (including phenoxy) is 1. The highest BCUT2D eigenvalue weighted by Crippen LogP contribution is 2.31. The Kier molecular flexibility index (Phi) is 8.93. The SMILES string of the molecule is CCCNC(CCC(C)(C)C)C(CC)(CC)OCC. The van der Waals surface area contributed by atoms with Gasteiger partial charge in [0.1, 0.15) is 0 Å². The Bertz CT molecular complexity index is 216. The van der Waals surface area contributed by atoms with E-state index in [2.05, 4.69) is 53.8 Å². The molecule has 0 aromatic heterocycles. The molecule has 0 aromatic carbocycles. The summed E-state index contributed by atoms with van der Waals surface area (Å²) in [7, 11) is 0. The normalized spacial score (nSPS) is 14.7. The molecule has 1 unspecified atom stereocenters. The van der Waals surface area contributed by atoms with Crippen LogP contribution in [-0.4, -0.2) is 24.8 Å². The zero-order chi connectivity index (χ0) is 14.9. The van der Waals surface area contributed by atoms with Crippen LogP contribution in [0.1, 0.15) is 80.6 Å². The van der Waals surface area contributed by atoms with Gasteiger partial charge in [-0.1, -0.05) is 41.5 Å². The van der Waals surface area contributed by atoms with Crippen molar-refractivity contribution in [2.45, 2.75) is 92.2 Å². The maximum Gasteiger partial charge on any atom is 0.0829 e. The van der Waals surface area contributed by atoms with Gasteiger partial charge in [0.2, 0.25) is 0 Å². The summed E-state index contributed by atoms with van der Waals surface area (Å²) >= 11 is 0. The molecule has 1 atom stereocenters. The maximum absolute atomic E-state index is 6.19. The van der Waals surface area contributed by atoms with Gasteiger partial charge < -0.3 is 10.1 Å². The van der Waals surface area contributed by atoms with Crippen LogP contribution >= 0.6 is 0 Å². The molecule has 0 spiro atoms. The van der Waals surface area contributed by atoms with E-state index in [1.165, 1.54) is 19.3 Å². The van der Waals surface area contributed by atoms with Crippen molar-refractivity contribution < 1.29 is 4.74 Å². The smallest absolute Gasteiger partial charge is 0.0829 e. The summed E-state index contributed by atoms with van der Waals surface area (Å²) in [4.78, 5) is 0. The third-order valence-electron chi connectivity index (χ3n) is 4.09. The summed E-state index contributed by atoms with van der Waals surface area (Å²) < 4.78 is 6.19. The average Bonchev–Trinajstić information content (AvgIpc) is 2.35. The molecule has 0 heterocycles. The molecule has 19 heavy (non-hydrogen) atoms.